The second kappa shape index (κ2) is 20.2. The number of aliphatic hydroxyl groups is 11. The number of rotatable bonds is 17. The molecule has 3 fully saturated rings. The molecule has 304 valence electrons. The van der Waals surface area contributed by atoms with E-state index < -0.39 is 155 Å². The van der Waals surface area contributed by atoms with Crippen LogP contribution in [0, 0.1) is 0 Å². The summed E-state index contributed by atoms with van der Waals surface area (Å²) in [5, 5.41) is 120. The summed E-state index contributed by atoms with van der Waals surface area (Å²) in [6, 6.07) is -2.53. The SMILES string of the molecule is CO[C@H](OC1C(O)[C@H](O[C@@H]2C(CO)O[C@@H](O[C@@H]3C(CO)O[C@@H](C)C(NC(C)=O)C3O)C(NC(C)=O)C2O)OC(CO)[C@H]1O)C(O)C(O)[C@H](O)CCO. The molecule has 0 spiro atoms. The summed E-state index contributed by atoms with van der Waals surface area (Å²) in [5.41, 5.74) is 0. The molecule has 3 rings (SSSR count). The van der Waals surface area contributed by atoms with E-state index in [1.54, 1.807) is 6.92 Å². The van der Waals surface area contributed by atoms with Crippen LogP contribution in [0.4, 0.5) is 0 Å². The first kappa shape index (κ1) is 44.6. The Balaban J connectivity index is 1.87. The first-order valence-electron chi connectivity index (χ1n) is 16.7. The summed E-state index contributed by atoms with van der Waals surface area (Å²) >= 11 is 0. The fraction of sp³-hybridized carbons (Fsp3) is 0.933. The smallest absolute Gasteiger partial charge is 0.217 e. The Labute approximate surface area is 298 Å². The fourth-order valence-electron chi connectivity index (χ4n) is 6.39. The van der Waals surface area contributed by atoms with Crippen molar-refractivity contribution in [1.82, 2.24) is 10.6 Å². The quantitative estimate of drug-likeness (QED) is 0.0612. The molecule has 3 saturated heterocycles. The highest BCUT2D eigenvalue weighted by Gasteiger charge is 2.54. The van der Waals surface area contributed by atoms with E-state index in [1.807, 2.05) is 0 Å². The van der Waals surface area contributed by atoms with Gasteiger partial charge >= 0.3 is 0 Å². The van der Waals surface area contributed by atoms with Crippen molar-refractivity contribution in [2.24, 2.45) is 0 Å². The number of hydrogen-bond acceptors (Lipinski definition) is 20. The predicted octanol–water partition coefficient (Wildman–Crippen LogP) is -7.75. The van der Waals surface area contributed by atoms with Crippen LogP contribution in [0.15, 0.2) is 0 Å². The Bertz CT molecular complexity index is 1110. The second-order valence-electron chi connectivity index (χ2n) is 12.9. The predicted molar refractivity (Wildman–Crippen MR) is 167 cm³/mol. The minimum atomic E-state index is -2.01. The Morgan fingerprint density at radius 1 is 0.673 bits per heavy atom. The van der Waals surface area contributed by atoms with Crippen molar-refractivity contribution >= 4 is 11.8 Å². The van der Waals surface area contributed by atoms with E-state index in [0.29, 0.717) is 0 Å². The van der Waals surface area contributed by atoms with E-state index in [9.17, 15) is 60.7 Å². The zero-order chi connectivity index (χ0) is 39.0. The molecular weight excluding hydrogens is 708 g/mol. The van der Waals surface area contributed by atoms with Gasteiger partial charge in [-0.3, -0.25) is 9.59 Å². The van der Waals surface area contributed by atoms with Crippen molar-refractivity contribution in [2.45, 2.75) is 144 Å². The lowest BCUT2D eigenvalue weighted by Crippen LogP contribution is -2.70. The summed E-state index contributed by atoms with van der Waals surface area (Å²) in [7, 11) is 1.04. The highest BCUT2D eigenvalue weighted by Crippen LogP contribution is 2.33. The number of carbonyl (C=O) groups is 2. The number of aliphatic hydroxyl groups excluding tert-OH is 11. The third kappa shape index (κ3) is 10.5. The molecular formula is C30H54N2O20. The van der Waals surface area contributed by atoms with Gasteiger partial charge in [-0.25, -0.2) is 0 Å². The zero-order valence-electron chi connectivity index (χ0n) is 29.1. The van der Waals surface area contributed by atoms with Crippen molar-refractivity contribution in [3.05, 3.63) is 0 Å². The number of nitrogens with one attached hydrogen (secondary N) is 2. The van der Waals surface area contributed by atoms with Gasteiger partial charge in [0.2, 0.25) is 11.8 Å². The van der Waals surface area contributed by atoms with Gasteiger partial charge in [0.25, 0.3) is 0 Å². The van der Waals surface area contributed by atoms with Gasteiger partial charge in [-0.05, 0) is 13.3 Å². The van der Waals surface area contributed by atoms with Crippen molar-refractivity contribution in [2.75, 3.05) is 33.5 Å². The number of carbonyl (C=O) groups excluding carboxylic acids is 2. The highest BCUT2D eigenvalue weighted by atomic mass is 16.8. The molecule has 0 aromatic heterocycles. The summed E-state index contributed by atoms with van der Waals surface area (Å²) in [6.07, 6.45) is -28.2. The largest absolute Gasteiger partial charge is 0.396 e. The maximum absolute atomic E-state index is 12.3. The molecule has 13 N–H and O–H groups in total. The molecule has 0 aromatic rings. The maximum Gasteiger partial charge on any atom is 0.217 e. The van der Waals surface area contributed by atoms with Crippen LogP contribution in [-0.2, 0) is 42.7 Å². The van der Waals surface area contributed by atoms with E-state index in [2.05, 4.69) is 10.6 Å². The van der Waals surface area contributed by atoms with Gasteiger partial charge < -0.3 is 100.0 Å². The summed E-state index contributed by atoms with van der Waals surface area (Å²) in [5.74, 6) is -1.20. The molecule has 52 heavy (non-hydrogen) atoms. The molecule has 0 bridgehead atoms. The third-order valence-corrected chi connectivity index (χ3v) is 9.11. The molecule has 2 amide bonds. The molecule has 22 nitrogen and oxygen atoms in total. The fourth-order valence-corrected chi connectivity index (χ4v) is 6.39. The lowest BCUT2D eigenvalue weighted by Gasteiger charge is -2.50. The first-order chi connectivity index (χ1) is 24.5. The van der Waals surface area contributed by atoms with Gasteiger partial charge in [-0.15, -0.1) is 0 Å². The van der Waals surface area contributed by atoms with Crippen LogP contribution >= 0.6 is 0 Å². The van der Waals surface area contributed by atoms with Crippen LogP contribution in [0.5, 0.6) is 0 Å². The van der Waals surface area contributed by atoms with E-state index in [4.69, 9.17) is 38.3 Å². The average molecular weight is 763 g/mol. The van der Waals surface area contributed by atoms with Crippen LogP contribution < -0.4 is 10.6 Å². The van der Waals surface area contributed by atoms with Crippen LogP contribution in [0.2, 0.25) is 0 Å². The van der Waals surface area contributed by atoms with Crippen LogP contribution in [-0.4, -0.2) is 218 Å². The van der Waals surface area contributed by atoms with Gasteiger partial charge in [0, 0.05) is 27.6 Å². The zero-order valence-corrected chi connectivity index (χ0v) is 29.1. The van der Waals surface area contributed by atoms with Crippen molar-refractivity contribution in [1.29, 1.82) is 0 Å². The lowest BCUT2D eigenvalue weighted by molar-refractivity contribution is -0.369. The summed E-state index contributed by atoms with van der Waals surface area (Å²) in [6.45, 7) is 0.925. The van der Waals surface area contributed by atoms with Gasteiger partial charge in [0.15, 0.2) is 18.9 Å². The molecule has 22 heteroatoms. The van der Waals surface area contributed by atoms with Gasteiger partial charge in [0.1, 0.15) is 79.3 Å². The van der Waals surface area contributed by atoms with Crippen molar-refractivity contribution < 1.29 is 98.9 Å². The molecule has 11 unspecified atom stereocenters. The first-order valence-corrected chi connectivity index (χ1v) is 16.7. The number of hydrogen-bond donors (Lipinski definition) is 13. The topological polar surface area (TPSA) is 345 Å². The van der Waals surface area contributed by atoms with Gasteiger partial charge in [0.05, 0.1) is 38.1 Å². The van der Waals surface area contributed by atoms with E-state index in [1.165, 1.54) is 6.92 Å². The summed E-state index contributed by atoms with van der Waals surface area (Å²) < 4.78 is 39.6. The minimum Gasteiger partial charge on any atom is -0.396 e. The van der Waals surface area contributed by atoms with Gasteiger partial charge in [-0.2, -0.15) is 0 Å². The Hall–Kier alpha value is -1.78. The Kier molecular flexibility index (Phi) is 17.4. The second-order valence-corrected chi connectivity index (χ2v) is 12.9. The molecule has 0 aromatic carbocycles. The molecule has 19 atom stereocenters. The third-order valence-electron chi connectivity index (χ3n) is 9.11. The Morgan fingerprint density at radius 2 is 1.17 bits per heavy atom. The van der Waals surface area contributed by atoms with E-state index >= 15 is 0 Å². The molecule has 0 aliphatic carbocycles. The maximum atomic E-state index is 12.3. The van der Waals surface area contributed by atoms with E-state index in [-0.39, 0.29) is 6.42 Å². The normalized spacial score (nSPS) is 40.7. The van der Waals surface area contributed by atoms with E-state index in [0.717, 1.165) is 14.0 Å². The average Bonchev–Trinajstić information content (AvgIpc) is 3.10. The molecule has 0 radical (unpaired) electrons. The van der Waals surface area contributed by atoms with Crippen LogP contribution in [0.3, 0.4) is 0 Å². The molecule has 3 aliphatic heterocycles. The number of amides is 2. The highest BCUT2D eigenvalue weighted by molar-refractivity contribution is 5.73. The van der Waals surface area contributed by atoms with Gasteiger partial charge in [-0.1, -0.05) is 0 Å². The number of ether oxygens (including phenoxy) is 7. The van der Waals surface area contributed by atoms with Crippen molar-refractivity contribution in [3.8, 4) is 0 Å². The van der Waals surface area contributed by atoms with Crippen molar-refractivity contribution in [3.63, 3.8) is 0 Å². The lowest BCUT2D eigenvalue weighted by atomic mass is 9.92. The monoisotopic (exact) mass is 762 g/mol. The molecule has 3 aliphatic rings. The minimum absolute atomic E-state index is 0.323. The van der Waals surface area contributed by atoms with Crippen LogP contribution in [0.25, 0.3) is 0 Å². The molecule has 3 heterocycles. The molecule has 0 saturated carbocycles. The number of methoxy groups -OCH3 is 1. The standard InChI is InChI=1S/C30H54N2O20/c1-10-17(31-11(2)37)21(42)25(15(8-35)47-10)50-28-18(32-12(3)38)22(43)26(16(9-36)49-28)51-30-24(45)27(20(41)14(7-34)48-30)52-29(46-4)23(44)19(40)13(39)5-6-33/h10,13-30,33-36,39-45H,5-9H2,1-4H3,(H,31,37)(H,32,38)/t10-,13+,14?,15?,16?,17?,18?,19?,20+,21?,22?,23?,24?,25+,26+,27?,28-,29+,30-/m0/s1. The summed E-state index contributed by atoms with van der Waals surface area (Å²) in [4.78, 5) is 24.1. The van der Waals surface area contributed by atoms with Crippen LogP contribution in [0.1, 0.15) is 27.2 Å². The Morgan fingerprint density at radius 3 is 1.69 bits per heavy atom.